The van der Waals surface area contributed by atoms with E-state index in [0.29, 0.717) is 35.9 Å². The molecule has 1 fully saturated rings. The number of halogens is 4. The Labute approximate surface area is 186 Å². The molecular weight excluding hydrogens is 502 g/mol. The summed E-state index contributed by atoms with van der Waals surface area (Å²) in [6, 6.07) is 0.558. The smallest absolute Gasteiger partial charge is 0.357 e. The van der Waals surface area contributed by atoms with Crippen molar-refractivity contribution in [3.63, 3.8) is 0 Å². The van der Waals surface area contributed by atoms with E-state index in [9.17, 15) is 13.2 Å². The van der Waals surface area contributed by atoms with Crippen LogP contribution in [0.15, 0.2) is 10.4 Å². The molecule has 162 valence electrons. The van der Waals surface area contributed by atoms with Gasteiger partial charge in [-0.2, -0.15) is 13.2 Å². The minimum absolute atomic E-state index is 0. The number of aliphatic imine (C=N–C) groups is 1. The van der Waals surface area contributed by atoms with Crippen LogP contribution in [0.5, 0.6) is 0 Å². The molecule has 2 rings (SSSR count). The van der Waals surface area contributed by atoms with Gasteiger partial charge in [0.15, 0.2) is 11.7 Å². The molecule has 1 aliphatic heterocycles. The summed E-state index contributed by atoms with van der Waals surface area (Å²) in [5, 5.41) is 7.95. The molecule has 0 spiro atoms. The number of aromatic nitrogens is 1. The van der Waals surface area contributed by atoms with E-state index < -0.39 is 11.9 Å². The van der Waals surface area contributed by atoms with Crippen LogP contribution >= 0.6 is 35.3 Å². The number of nitrogens with zero attached hydrogens (tertiary/aromatic N) is 3. The van der Waals surface area contributed by atoms with Crippen molar-refractivity contribution in [2.75, 3.05) is 32.7 Å². The van der Waals surface area contributed by atoms with Crippen molar-refractivity contribution in [3.8, 4) is 0 Å². The summed E-state index contributed by atoms with van der Waals surface area (Å²) in [5.74, 6) is 1.26. The first-order chi connectivity index (χ1) is 12.8. The molecule has 0 bridgehead atoms. The Morgan fingerprint density at radius 3 is 2.75 bits per heavy atom. The maximum absolute atomic E-state index is 12.6. The molecule has 5 nitrogen and oxygen atoms in total. The Morgan fingerprint density at radius 2 is 2.14 bits per heavy atom. The molecule has 1 aromatic heterocycles. The lowest BCUT2D eigenvalue weighted by molar-refractivity contribution is -0.140. The van der Waals surface area contributed by atoms with E-state index in [-0.39, 0.29) is 24.0 Å². The standard InChI is InChI=1S/C18H30F3N5S.HI/c1-4-22-17(24-10-14-6-5-9-26(11-14)13(2)3)23-8-7-16-25-15(12-27-16)18(19,20)21;/h12-14H,4-11H2,1-3H3,(H2,22,23,24);1H. The van der Waals surface area contributed by atoms with Gasteiger partial charge >= 0.3 is 6.18 Å². The van der Waals surface area contributed by atoms with Crippen LogP contribution in [0.25, 0.3) is 0 Å². The van der Waals surface area contributed by atoms with E-state index in [0.717, 1.165) is 42.9 Å². The number of likely N-dealkylation sites (tertiary alicyclic amines) is 1. The molecule has 1 unspecified atom stereocenters. The summed E-state index contributed by atoms with van der Waals surface area (Å²) in [5.41, 5.74) is -0.810. The fourth-order valence-corrected chi connectivity index (χ4v) is 3.93. The first-order valence-corrected chi connectivity index (χ1v) is 10.5. The summed E-state index contributed by atoms with van der Waals surface area (Å²) >= 11 is 1.04. The van der Waals surface area contributed by atoms with E-state index >= 15 is 0 Å². The van der Waals surface area contributed by atoms with Crippen LogP contribution in [0.4, 0.5) is 13.2 Å². The zero-order chi connectivity index (χ0) is 19.9. The molecule has 0 amide bonds. The van der Waals surface area contributed by atoms with E-state index in [4.69, 9.17) is 0 Å². The highest BCUT2D eigenvalue weighted by Gasteiger charge is 2.33. The quantitative estimate of drug-likeness (QED) is 0.316. The minimum atomic E-state index is -4.37. The predicted molar refractivity (Wildman–Crippen MR) is 120 cm³/mol. The first kappa shape index (κ1) is 25.4. The van der Waals surface area contributed by atoms with Gasteiger partial charge in [0.25, 0.3) is 0 Å². The number of hydrogen-bond acceptors (Lipinski definition) is 4. The number of rotatable bonds is 7. The molecule has 0 saturated carbocycles. The topological polar surface area (TPSA) is 52.6 Å². The molecule has 0 aromatic carbocycles. The van der Waals surface area contributed by atoms with Gasteiger partial charge in [-0.25, -0.2) is 4.98 Å². The average Bonchev–Trinajstić information content (AvgIpc) is 3.09. The third-order valence-electron chi connectivity index (χ3n) is 4.61. The van der Waals surface area contributed by atoms with Gasteiger partial charge in [-0.3, -0.25) is 4.99 Å². The van der Waals surface area contributed by atoms with E-state index in [2.05, 4.69) is 39.4 Å². The van der Waals surface area contributed by atoms with Gasteiger partial charge in [-0.1, -0.05) is 0 Å². The van der Waals surface area contributed by atoms with Gasteiger partial charge in [0.05, 0.1) is 5.01 Å². The Morgan fingerprint density at radius 1 is 1.39 bits per heavy atom. The molecule has 1 aromatic rings. The average molecular weight is 533 g/mol. The van der Waals surface area contributed by atoms with Crippen LogP contribution < -0.4 is 10.6 Å². The first-order valence-electron chi connectivity index (χ1n) is 9.57. The van der Waals surface area contributed by atoms with Gasteiger partial charge in [0, 0.05) is 44.0 Å². The van der Waals surface area contributed by atoms with E-state index in [1.165, 1.54) is 12.8 Å². The Balaban J connectivity index is 0.00000392. The second-order valence-electron chi connectivity index (χ2n) is 7.12. The van der Waals surface area contributed by atoms with Crippen LogP contribution in [-0.4, -0.2) is 54.6 Å². The molecule has 2 N–H and O–H groups in total. The monoisotopic (exact) mass is 533 g/mol. The molecule has 1 aliphatic rings. The highest BCUT2D eigenvalue weighted by molar-refractivity contribution is 14.0. The summed E-state index contributed by atoms with van der Waals surface area (Å²) in [6.07, 6.45) is -1.54. The lowest BCUT2D eigenvalue weighted by Gasteiger charge is -2.34. The third kappa shape index (κ3) is 8.40. The van der Waals surface area contributed by atoms with Gasteiger partial charge < -0.3 is 15.5 Å². The van der Waals surface area contributed by atoms with Crippen molar-refractivity contribution in [2.24, 2.45) is 10.9 Å². The fraction of sp³-hybridized carbons (Fsp3) is 0.778. The van der Waals surface area contributed by atoms with Crippen LogP contribution in [-0.2, 0) is 12.6 Å². The van der Waals surface area contributed by atoms with E-state index in [1.807, 2.05) is 6.92 Å². The maximum Gasteiger partial charge on any atom is 0.434 e. The fourth-order valence-electron chi connectivity index (χ4n) is 3.12. The summed E-state index contributed by atoms with van der Waals surface area (Å²) < 4.78 is 37.8. The highest BCUT2D eigenvalue weighted by atomic mass is 127. The molecule has 1 saturated heterocycles. The molecule has 0 radical (unpaired) electrons. The normalized spacial score (nSPS) is 18.8. The number of alkyl halides is 3. The third-order valence-corrected chi connectivity index (χ3v) is 5.51. The number of hydrogen-bond donors (Lipinski definition) is 2. The van der Waals surface area contributed by atoms with Crippen molar-refractivity contribution >= 4 is 41.3 Å². The molecule has 28 heavy (non-hydrogen) atoms. The van der Waals surface area contributed by atoms with Gasteiger partial charge in [0.1, 0.15) is 0 Å². The van der Waals surface area contributed by atoms with Crippen LogP contribution in [0, 0.1) is 5.92 Å². The van der Waals surface area contributed by atoms with Crippen molar-refractivity contribution in [1.29, 1.82) is 0 Å². The Kier molecular flexibility index (Phi) is 11.0. The zero-order valence-corrected chi connectivity index (χ0v) is 19.8. The minimum Gasteiger partial charge on any atom is -0.357 e. The van der Waals surface area contributed by atoms with Crippen molar-refractivity contribution in [3.05, 3.63) is 16.1 Å². The number of thiazole rings is 1. The summed E-state index contributed by atoms with van der Waals surface area (Å²) in [4.78, 5) is 10.8. The van der Waals surface area contributed by atoms with E-state index in [1.54, 1.807) is 0 Å². The maximum atomic E-state index is 12.6. The van der Waals surface area contributed by atoms with Crippen LogP contribution in [0.2, 0.25) is 0 Å². The Bertz CT molecular complexity index is 606. The number of nitrogens with one attached hydrogen (secondary N) is 2. The van der Waals surface area contributed by atoms with Crippen molar-refractivity contribution < 1.29 is 13.2 Å². The largest absolute Gasteiger partial charge is 0.434 e. The molecule has 10 heteroatoms. The van der Waals surface area contributed by atoms with Gasteiger partial charge in [-0.05, 0) is 46.1 Å². The molecule has 1 atom stereocenters. The van der Waals surface area contributed by atoms with Gasteiger partial charge in [0.2, 0.25) is 0 Å². The molecule has 0 aliphatic carbocycles. The number of piperidine rings is 1. The molecular formula is C18H31F3IN5S. The lowest BCUT2D eigenvalue weighted by Crippen LogP contribution is -2.42. The van der Waals surface area contributed by atoms with Crippen LogP contribution in [0.3, 0.4) is 0 Å². The number of guanidine groups is 1. The van der Waals surface area contributed by atoms with Crippen LogP contribution in [0.1, 0.15) is 44.3 Å². The summed E-state index contributed by atoms with van der Waals surface area (Å²) in [6.45, 7) is 10.7. The summed E-state index contributed by atoms with van der Waals surface area (Å²) in [7, 11) is 0. The second-order valence-corrected chi connectivity index (χ2v) is 8.06. The molecule has 2 heterocycles. The van der Waals surface area contributed by atoms with Crippen molar-refractivity contribution in [2.45, 2.75) is 52.3 Å². The SMILES string of the molecule is CCNC(=NCC1CCCN(C(C)C)C1)NCCc1nc(C(F)(F)F)cs1.I. The predicted octanol–water partition coefficient (Wildman–Crippen LogP) is 4.00. The zero-order valence-electron chi connectivity index (χ0n) is 16.7. The van der Waals surface area contributed by atoms with Gasteiger partial charge in [-0.15, -0.1) is 35.3 Å². The highest BCUT2D eigenvalue weighted by Crippen LogP contribution is 2.30. The van der Waals surface area contributed by atoms with Crippen molar-refractivity contribution in [1.82, 2.24) is 20.5 Å². The lowest BCUT2D eigenvalue weighted by atomic mass is 9.97. The second kappa shape index (κ2) is 12.2. The Hall–Kier alpha value is -0.620.